The van der Waals surface area contributed by atoms with E-state index in [0.29, 0.717) is 6.04 Å². The van der Waals surface area contributed by atoms with Crippen molar-refractivity contribution in [2.24, 2.45) is 5.10 Å². The Hall–Kier alpha value is -2.36. The molecule has 2 aromatic carbocycles. The van der Waals surface area contributed by atoms with Crippen molar-refractivity contribution in [2.45, 2.75) is 45.1 Å². The first-order valence-electron chi connectivity index (χ1n) is 8.32. The monoisotopic (exact) mass is 309 g/mol. The van der Waals surface area contributed by atoms with E-state index in [1.54, 1.807) is 0 Å². The van der Waals surface area contributed by atoms with E-state index in [-0.39, 0.29) is 6.03 Å². The smallest absolute Gasteiger partial charge is 0.334 e. The van der Waals surface area contributed by atoms with E-state index in [1.165, 1.54) is 30.0 Å². The quantitative estimate of drug-likeness (QED) is 0.648. The number of amides is 2. The van der Waals surface area contributed by atoms with Gasteiger partial charge in [-0.15, -0.1) is 0 Å². The molecule has 23 heavy (non-hydrogen) atoms. The molecule has 2 aromatic rings. The van der Waals surface area contributed by atoms with Crippen molar-refractivity contribution in [2.75, 3.05) is 0 Å². The van der Waals surface area contributed by atoms with Crippen molar-refractivity contribution in [3.05, 3.63) is 48.0 Å². The summed E-state index contributed by atoms with van der Waals surface area (Å²) in [7, 11) is 0. The van der Waals surface area contributed by atoms with Gasteiger partial charge in [-0.05, 0) is 42.2 Å². The number of benzene rings is 2. The van der Waals surface area contributed by atoms with Crippen LogP contribution in [0.1, 0.15) is 44.6 Å². The van der Waals surface area contributed by atoms with Crippen molar-refractivity contribution in [3.63, 3.8) is 0 Å². The van der Waals surface area contributed by atoms with E-state index >= 15 is 0 Å². The molecule has 1 fully saturated rings. The van der Waals surface area contributed by atoms with Crippen LogP contribution in [0.2, 0.25) is 0 Å². The van der Waals surface area contributed by atoms with Gasteiger partial charge < -0.3 is 5.32 Å². The maximum atomic E-state index is 11.9. The van der Waals surface area contributed by atoms with E-state index < -0.39 is 0 Å². The summed E-state index contributed by atoms with van der Waals surface area (Å²) in [6.45, 7) is 1.91. The third kappa shape index (κ3) is 4.09. The lowest BCUT2D eigenvalue weighted by Crippen LogP contribution is -2.41. The molecule has 0 spiro atoms. The molecule has 0 aromatic heterocycles. The fourth-order valence-electron chi connectivity index (χ4n) is 3.08. The van der Waals surface area contributed by atoms with Gasteiger partial charge in [-0.1, -0.05) is 55.7 Å². The second-order valence-electron chi connectivity index (χ2n) is 6.18. The van der Waals surface area contributed by atoms with Gasteiger partial charge in [0.15, 0.2) is 0 Å². The van der Waals surface area contributed by atoms with Crippen molar-refractivity contribution < 1.29 is 4.79 Å². The number of nitrogens with zero attached hydrogens (tertiary/aromatic N) is 1. The molecule has 1 aliphatic rings. The number of fused-ring (bicyclic) bond motifs is 1. The van der Waals surface area contributed by atoms with Crippen LogP contribution in [0.5, 0.6) is 0 Å². The summed E-state index contributed by atoms with van der Waals surface area (Å²) in [5.74, 6) is 0. The molecule has 2 amide bonds. The van der Waals surface area contributed by atoms with Gasteiger partial charge in [-0.3, -0.25) is 0 Å². The summed E-state index contributed by atoms with van der Waals surface area (Å²) >= 11 is 0. The molecule has 4 nitrogen and oxygen atoms in total. The van der Waals surface area contributed by atoms with Crippen LogP contribution in [0, 0.1) is 0 Å². The minimum Gasteiger partial charge on any atom is -0.334 e. The molecule has 0 saturated heterocycles. The normalized spacial score (nSPS) is 16.3. The van der Waals surface area contributed by atoms with Crippen LogP contribution in [0.3, 0.4) is 0 Å². The molecule has 0 unspecified atom stereocenters. The van der Waals surface area contributed by atoms with E-state index in [9.17, 15) is 4.79 Å². The van der Waals surface area contributed by atoms with Gasteiger partial charge in [0.2, 0.25) is 0 Å². The first-order valence-corrected chi connectivity index (χ1v) is 8.32. The highest BCUT2D eigenvalue weighted by atomic mass is 16.2. The van der Waals surface area contributed by atoms with Crippen LogP contribution < -0.4 is 10.7 Å². The summed E-state index contributed by atoms with van der Waals surface area (Å²) in [6, 6.07) is 14.5. The highest BCUT2D eigenvalue weighted by Gasteiger charge is 2.15. The number of hydrogen-bond acceptors (Lipinski definition) is 2. The molecule has 2 N–H and O–H groups in total. The second-order valence-corrected chi connectivity index (χ2v) is 6.18. The molecule has 0 bridgehead atoms. The standard InChI is InChI=1S/C19H23N3O/c1-14(16-12-11-15-7-5-6-8-17(15)13-16)21-22-19(23)20-18-9-3-2-4-10-18/h5-8,11-13,18H,2-4,9-10H2,1H3,(H2,20,22,23)/b21-14+. The van der Waals surface area contributed by atoms with Gasteiger partial charge in [0.1, 0.15) is 0 Å². The Kier molecular flexibility index (Phi) is 4.91. The number of hydrogen-bond donors (Lipinski definition) is 2. The fourth-order valence-corrected chi connectivity index (χ4v) is 3.08. The highest BCUT2D eigenvalue weighted by molar-refractivity contribution is 6.02. The molecule has 0 radical (unpaired) electrons. The van der Waals surface area contributed by atoms with Crippen LogP contribution in [-0.4, -0.2) is 17.8 Å². The van der Waals surface area contributed by atoms with E-state index in [4.69, 9.17) is 0 Å². The molecular weight excluding hydrogens is 286 g/mol. The minimum absolute atomic E-state index is 0.211. The first kappa shape index (κ1) is 15.5. The number of rotatable bonds is 3. The lowest BCUT2D eigenvalue weighted by atomic mass is 9.96. The molecule has 1 saturated carbocycles. The summed E-state index contributed by atoms with van der Waals surface area (Å²) in [6.07, 6.45) is 5.81. The zero-order valence-electron chi connectivity index (χ0n) is 13.5. The van der Waals surface area contributed by atoms with Gasteiger partial charge in [0.25, 0.3) is 0 Å². The second kappa shape index (κ2) is 7.27. The molecule has 4 heteroatoms. The van der Waals surface area contributed by atoms with Crippen molar-refractivity contribution >= 4 is 22.5 Å². The SMILES string of the molecule is C/C(=N\NC(=O)NC1CCCCC1)c1ccc2ccccc2c1. The first-order chi connectivity index (χ1) is 11.2. The Morgan fingerprint density at radius 3 is 2.57 bits per heavy atom. The van der Waals surface area contributed by atoms with Crippen molar-refractivity contribution in [1.29, 1.82) is 0 Å². The number of urea groups is 1. The average molecular weight is 309 g/mol. The minimum atomic E-state index is -0.211. The van der Waals surface area contributed by atoms with Crippen LogP contribution in [-0.2, 0) is 0 Å². The Bertz CT molecular complexity index is 717. The maximum absolute atomic E-state index is 11.9. The number of nitrogens with one attached hydrogen (secondary N) is 2. The number of carbonyl (C=O) groups is 1. The predicted octanol–water partition coefficient (Wildman–Crippen LogP) is 4.20. The summed E-state index contributed by atoms with van der Waals surface area (Å²) in [5.41, 5.74) is 4.43. The predicted molar refractivity (Wildman–Crippen MR) is 94.7 cm³/mol. The zero-order chi connectivity index (χ0) is 16.1. The van der Waals surface area contributed by atoms with Crippen molar-refractivity contribution in [1.82, 2.24) is 10.7 Å². The summed E-state index contributed by atoms with van der Waals surface area (Å²) in [5, 5.41) is 9.59. The van der Waals surface area contributed by atoms with Crippen LogP contribution in [0.25, 0.3) is 10.8 Å². The molecule has 3 rings (SSSR count). The largest absolute Gasteiger partial charge is 0.335 e. The van der Waals surface area contributed by atoms with Gasteiger partial charge in [0.05, 0.1) is 5.71 Å². The molecule has 0 heterocycles. The molecular formula is C19H23N3O. The molecule has 0 atom stereocenters. The van der Waals surface area contributed by atoms with Crippen LogP contribution >= 0.6 is 0 Å². The molecule has 1 aliphatic carbocycles. The maximum Gasteiger partial charge on any atom is 0.335 e. The lowest BCUT2D eigenvalue weighted by Gasteiger charge is -2.22. The van der Waals surface area contributed by atoms with Gasteiger partial charge in [-0.25, -0.2) is 10.2 Å². The highest BCUT2D eigenvalue weighted by Crippen LogP contribution is 2.17. The fraction of sp³-hybridized carbons (Fsp3) is 0.368. The van der Waals surface area contributed by atoms with E-state index in [1.807, 2.05) is 25.1 Å². The lowest BCUT2D eigenvalue weighted by molar-refractivity contribution is 0.233. The Balaban J connectivity index is 1.62. The number of hydrazone groups is 1. The third-order valence-corrected chi connectivity index (χ3v) is 4.43. The van der Waals surface area contributed by atoms with E-state index in [2.05, 4.69) is 40.1 Å². The Morgan fingerprint density at radius 2 is 1.78 bits per heavy atom. The van der Waals surface area contributed by atoms with Gasteiger partial charge >= 0.3 is 6.03 Å². The zero-order valence-corrected chi connectivity index (χ0v) is 13.5. The average Bonchev–Trinajstić information content (AvgIpc) is 2.60. The Labute approximate surface area is 137 Å². The van der Waals surface area contributed by atoms with Crippen LogP contribution in [0.15, 0.2) is 47.6 Å². The topological polar surface area (TPSA) is 53.5 Å². The summed E-state index contributed by atoms with van der Waals surface area (Å²) < 4.78 is 0. The molecule has 0 aliphatic heterocycles. The Morgan fingerprint density at radius 1 is 1.04 bits per heavy atom. The molecule has 120 valence electrons. The van der Waals surface area contributed by atoms with E-state index in [0.717, 1.165) is 24.1 Å². The van der Waals surface area contributed by atoms with Gasteiger partial charge in [-0.2, -0.15) is 5.10 Å². The number of carbonyl (C=O) groups excluding carboxylic acids is 1. The van der Waals surface area contributed by atoms with Crippen molar-refractivity contribution in [3.8, 4) is 0 Å². The third-order valence-electron chi connectivity index (χ3n) is 4.43. The van der Waals surface area contributed by atoms with Gasteiger partial charge in [0, 0.05) is 6.04 Å². The summed E-state index contributed by atoms with van der Waals surface area (Å²) in [4.78, 5) is 11.9. The van der Waals surface area contributed by atoms with Crippen LogP contribution in [0.4, 0.5) is 4.79 Å².